The number of benzene rings is 1. The van der Waals surface area contributed by atoms with Gasteiger partial charge < -0.3 is 10.1 Å². The van der Waals surface area contributed by atoms with Gasteiger partial charge in [0.25, 0.3) is 0 Å². The quantitative estimate of drug-likeness (QED) is 0.826. The average Bonchev–Trinajstić information content (AvgIpc) is 2.48. The minimum atomic E-state index is 0.160. The van der Waals surface area contributed by atoms with Crippen LogP contribution in [0.15, 0.2) is 42.0 Å². The highest BCUT2D eigenvalue weighted by Crippen LogP contribution is 2.39. The number of rotatable bonds is 5. The molecule has 20 heavy (non-hydrogen) atoms. The van der Waals surface area contributed by atoms with Crippen LogP contribution in [0.3, 0.4) is 0 Å². The molecule has 2 nitrogen and oxygen atoms in total. The largest absolute Gasteiger partial charge is 0.381 e. The van der Waals surface area contributed by atoms with Gasteiger partial charge in [0, 0.05) is 24.7 Å². The molecule has 0 aliphatic carbocycles. The SMILES string of the molecule is CCNC(C=C(C)C)C1(c2ccccc2)CCOCC1. The number of hydrogen-bond donors (Lipinski definition) is 1. The molecule has 0 bridgehead atoms. The highest BCUT2D eigenvalue weighted by Gasteiger charge is 2.40. The van der Waals surface area contributed by atoms with E-state index >= 15 is 0 Å². The lowest BCUT2D eigenvalue weighted by Crippen LogP contribution is -2.50. The van der Waals surface area contributed by atoms with Crippen molar-refractivity contribution >= 4 is 0 Å². The van der Waals surface area contributed by atoms with E-state index in [1.807, 2.05) is 0 Å². The van der Waals surface area contributed by atoms with E-state index in [1.165, 1.54) is 11.1 Å². The maximum Gasteiger partial charge on any atom is 0.0475 e. The third kappa shape index (κ3) is 3.31. The normalized spacial score (nSPS) is 19.4. The van der Waals surface area contributed by atoms with Crippen molar-refractivity contribution in [1.29, 1.82) is 0 Å². The molecular weight excluding hydrogens is 246 g/mol. The van der Waals surface area contributed by atoms with Crippen LogP contribution in [0.2, 0.25) is 0 Å². The maximum absolute atomic E-state index is 5.63. The van der Waals surface area contributed by atoms with E-state index in [0.29, 0.717) is 6.04 Å². The van der Waals surface area contributed by atoms with Crippen molar-refractivity contribution in [1.82, 2.24) is 5.32 Å². The van der Waals surface area contributed by atoms with Gasteiger partial charge in [-0.25, -0.2) is 0 Å². The summed E-state index contributed by atoms with van der Waals surface area (Å²) in [6, 6.07) is 11.3. The summed E-state index contributed by atoms with van der Waals surface area (Å²) in [6.45, 7) is 9.25. The van der Waals surface area contributed by atoms with Gasteiger partial charge in [-0.3, -0.25) is 0 Å². The first-order chi connectivity index (χ1) is 9.69. The molecule has 0 saturated carbocycles. The van der Waals surface area contributed by atoms with E-state index < -0.39 is 0 Å². The second-order valence-electron chi connectivity index (χ2n) is 5.91. The summed E-state index contributed by atoms with van der Waals surface area (Å²) in [5.41, 5.74) is 2.97. The van der Waals surface area contributed by atoms with E-state index in [-0.39, 0.29) is 5.41 Å². The lowest BCUT2D eigenvalue weighted by molar-refractivity contribution is 0.0410. The minimum Gasteiger partial charge on any atom is -0.381 e. The van der Waals surface area contributed by atoms with Crippen molar-refractivity contribution in [2.24, 2.45) is 0 Å². The van der Waals surface area contributed by atoms with Crippen molar-refractivity contribution < 1.29 is 4.74 Å². The Balaban J connectivity index is 2.41. The van der Waals surface area contributed by atoms with E-state index in [1.54, 1.807) is 0 Å². The average molecular weight is 273 g/mol. The fourth-order valence-corrected chi connectivity index (χ4v) is 3.25. The van der Waals surface area contributed by atoms with Gasteiger partial charge in [-0.1, -0.05) is 48.9 Å². The lowest BCUT2D eigenvalue weighted by atomic mass is 9.68. The van der Waals surface area contributed by atoms with Gasteiger partial charge in [-0.2, -0.15) is 0 Å². The van der Waals surface area contributed by atoms with Crippen molar-refractivity contribution in [2.75, 3.05) is 19.8 Å². The fraction of sp³-hybridized carbons (Fsp3) is 0.556. The van der Waals surface area contributed by atoms with Gasteiger partial charge in [-0.05, 0) is 38.8 Å². The molecule has 1 aromatic carbocycles. The van der Waals surface area contributed by atoms with Crippen LogP contribution in [-0.4, -0.2) is 25.8 Å². The van der Waals surface area contributed by atoms with Crippen LogP contribution >= 0.6 is 0 Å². The van der Waals surface area contributed by atoms with Crippen molar-refractivity contribution in [3.8, 4) is 0 Å². The molecule has 1 fully saturated rings. The Morgan fingerprint density at radius 2 is 1.90 bits per heavy atom. The standard InChI is InChI=1S/C18H27NO/c1-4-19-17(14-15(2)3)18(10-12-20-13-11-18)16-8-6-5-7-9-16/h5-9,14,17,19H,4,10-13H2,1-3H3. The predicted molar refractivity (Wildman–Crippen MR) is 85.1 cm³/mol. The molecule has 1 unspecified atom stereocenters. The molecule has 1 aliphatic heterocycles. The predicted octanol–water partition coefficient (Wildman–Crippen LogP) is 3.68. The van der Waals surface area contributed by atoms with Gasteiger partial charge in [0.15, 0.2) is 0 Å². The Hall–Kier alpha value is -1.12. The summed E-state index contributed by atoms with van der Waals surface area (Å²) in [5, 5.41) is 3.69. The first-order valence-corrected chi connectivity index (χ1v) is 7.71. The molecule has 0 radical (unpaired) electrons. The number of hydrogen-bond acceptors (Lipinski definition) is 2. The highest BCUT2D eigenvalue weighted by molar-refractivity contribution is 5.31. The summed E-state index contributed by atoms with van der Waals surface area (Å²) < 4.78 is 5.63. The molecule has 1 N–H and O–H groups in total. The molecule has 1 aliphatic rings. The van der Waals surface area contributed by atoms with Crippen molar-refractivity contribution in [2.45, 2.75) is 45.1 Å². The van der Waals surface area contributed by atoms with Crippen LogP contribution in [0.1, 0.15) is 39.2 Å². The smallest absolute Gasteiger partial charge is 0.0475 e. The van der Waals surface area contributed by atoms with Gasteiger partial charge in [0.1, 0.15) is 0 Å². The first kappa shape index (κ1) is 15.3. The van der Waals surface area contributed by atoms with Gasteiger partial charge in [0.05, 0.1) is 0 Å². The van der Waals surface area contributed by atoms with Crippen molar-refractivity contribution in [3.05, 3.63) is 47.5 Å². The Morgan fingerprint density at radius 1 is 1.25 bits per heavy atom. The van der Waals surface area contributed by atoms with Gasteiger partial charge in [-0.15, -0.1) is 0 Å². The zero-order valence-electron chi connectivity index (χ0n) is 13.0. The van der Waals surface area contributed by atoms with Crippen LogP contribution in [0, 0.1) is 0 Å². The summed E-state index contributed by atoms with van der Waals surface area (Å²) in [7, 11) is 0. The third-order valence-corrected chi connectivity index (χ3v) is 4.25. The van der Waals surface area contributed by atoms with Crippen LogP contribution in [0.5, 0.6) is 0 Å². The van der Waals surface area contributed by atoms with Crippen LogP contribution in [-0.2, 0) is 10.2 Å². The second kappa shape index (κ2) is 7.05. The first-order valence-electron chi connectivity index (χ1n) is 7.71. The van der Waals surface area contributed by atoms with E-state index in [2.05, 4.69) is 62.5 Å². The number of allylic oxidation sites excluding steroid dienone is 1. The zero-order chi connectivity index (χ0) is 14.4. The van der Waals surface area contributed by atoms with E-state index in [4.69, 9.17) is 4.74 Å². The topological polar surface area (TPSA) is 21.3 Å². The van der Waals surface area contributed by atoms with E-state index in [9.17, 15) is 0 Å². The summed E-state index contributed by atoms with van der Waals surface area (Å²) in [5.74, 6) is 0. The highest BCUT2D eigenvalue weighted by atomic mass is 16.5. The Kier molecular flexibility index (Phi) is 5.38. The molecule has 110 valence electrons. The summed E-state index contributed by atoms with van der Waals surface area (Å²) >= 11 is 0. The summed E-state index contributed by atoms with van der Waals surface area (Å²) in [4.78, 5) is 0. The molecule has 1 aromatic rings. The molecular formula is C18H27NO. The number of ether oxygens (including phenoxy) is 1. The molecule has 2 heteroatoms. The number of likely N-dealkylation sites (N-methyl/N-ethyl adjacent to an activating group) is 1. The van der Waals surface area contributed by atoms with Gasteiger partial charge in [0.2, 0.25) is 0 Å². The minimum absolute atomic E-state index is 0.160. The molecule has 1 atom stereocenters. The Morgan fingerprint density at radius 3 is 2.45 bits per heavy atom. The van der Waals surface area contributed by atoms with Crippen LogP contribution in [0.4, 0.5) is 0 Å². The van der Waals surface area contributed by atoms with Crippen LogP contribution in [0.25, 0.3) is 0 Å². The molecule has 0 aromatic heterocycles. The van der Waals surface area contributed by atoms with E-state index in [0.717, 1.165) is 32.6 Å². The fourth-order valence-electron chi connectivity index (χ4n) is 3.25. The Labute approximate surface area is 123 Å². The molecule has 0 amide bonds. The Bertz CT molecular complexity index is 428. The lowest BCUT2D eigenvalue weighted by Gasteiger charge is -2.43. The monoisotopic (exact) mass is 273 g/mol. The maximum atomic E-state index is 5.63. The number of nitrogens with one attached hydrogen (secondary N) is 1. The van der Waals surface area contributed by atoms with Crippen molar-refractivity contribution in [3.63, 3.8) is 0 Å². The molecule has 2 rings (SSSR count). The molecule has 0 spiro atoms. The molecule has 1 heterocycles. The third-order valence-electron chi connectivity index (χ3n) is 4.25. The second-order valence-corrected chi connectivity index (χ2v) is 5.91. The molecule has 1 saturated heterocycles. The zero-order valence-corrected chi connectivity index (χ0v) is 13.0. The van der Waals surface area contributed by atoms with Crippen LogP contribution < -0.4 is 5.32 Å². The van der Waals surface area contributed by atoms with Gasteiger partial charge >= 0.3 is 0 Å². The summed E-state index contributed by atoms with van der Waals surface area (Å²) in [6.07, 6.45) is 4.55.